The van der Waals surface area contributed by atoms with Crippen LogP contribution in [0.4, 0.5) is 11.4 Å². The minimum absolute atomic E-state index is 0.0242. The quantitative estimate of drug-likeness (QED) is 0.315. The molecule has 4 atom stereocenters. The van der Waals surface area contributed by atoms with Crippen molar-refractivity contribution < 1.29 is 28.7 Å². The molecule has 186 valence electrons. The van der Waals surface area contributed by atoms with Crippen LogP contribution < -0.4 is 26.0 Å². The van der Waals surface area contributed by atoms with Gasteiger partial charge in [-0.3, -0.25) is 29.3 Å². The monoisotopic (exact) mass is 510 g/mol. The number of anilines is 2. The normalized spacial score (nSPS) is 26.2. The van der Waals surface area contributed by atoms with Crippen molar-refractivity contribution in [2.45, 2.75) is 38.3 Å². The largest absolute Gasteiger partial charge is 0.427 e. The number of carbonyl (C=O) groups is 5. The van der Waals surface area contributed by atoms with E-state index in [1.807, 2.05) is 0 Å². The zero-order valence-electron chi connectivity index (χ0n) is 19.5. The average molecular weight is 511 g/mol. The molecular weight excluding hydrogens is 488 g/mol. The maximum Gasteiger partial charge on any atom is 0.308 e. The SMILES string of the molecule is CC(=O)Oc1ccc(N2C(=O)[C@H]3[C@@H](C2=O)[C@@]2(N[C@@H]3CCC(N)=O)C(=O)Nc3c2ccc(Cl)c3C)cc1. The number of fused-ring (bicyclic) bond motifs is 4. The van der Waals surface area contributed by atoms with Gasteiger partial charge < -0.3 is 15.8 Å². The smallest absolute Gasteiger partial charge is 0.308 e. The summed E-state index contributed by atoms with van der Waals surface area (Å²) in [5, 5.41) is 6.55. The maximum atomic E-state index is 13.9. The number of hydrogen-bond acceptors (Lipinski definition) is 7. The molecule has 10 nitrogen and oxygen atoms in total. The Labute approximate surface area is 211 Å². The van der Waals surface area contributed by atoms with Crippen LogP contribution in [-0.4, -0.2) is 35.6 Å². The Kier molecular flexibility index (Phi) is 5.60. The molecule has 3 aliphatic heterocycles. The third-order valence-electron chi connectivity index (χ3n) is 7.14. The molecule has 0 unspecified atom stereocenters. The van der Waals surface area contributed by atoms with E-state index in [1.54, 1.807) is 19.1 Å². The molecule has 2 aromatic carbocycles. The van der Waals surface area contributed by atoms with Crippen molar-refractivity contribution in [1.29, 1.82) is 0 Å². The fourth-order valence-corrected chi connectivity index (χ4v) is 5.78. The highest BCUT2D eigenvalue weighted by molar-refractivity contribution is 6.32. The summed E-state index contributed by atoms with van der Waals surface area (Å²) < 4.78 is 5.04. The van der Waals surface area contributed by atoms with E-state index >= 15 is 0 Å². The zero-order chi connectivity index (χ0) is 25.9. The summed E-state index contributed by atoms with van der Waals surface area (Å²) in [6.07, 6.45) is 0.148. The van der Waals surface area contributed by atoms with Crippen molar-refractivity contribution in [1.82, 2.24) is 5.32 Å². The summed E-state index contributed by atoms with van der Waals surface area (Å²) in [4.78, 5) is 65.0. The molecule has 2 fully saturated rings. The van der Waals surface area contributed by atoms with E-state index in [2.05, 4.69) is 10.6 Å². The predicted molar refractivity (Wildman–Crippen MR) is 129 cm³/mol. The second kappa shape index (κ2) is 8.42. The Balaban J connectivity index is 1.60. The standard InChI is InChI=1S/C25H23ClN4O6/c1-11-16(26)8-7-15-21(11)28-24(35)25(15)20-19(17(29-25)9-10-18(27)32)22(33)30(23(20)34)13-3-5-14(6-4-13)36-12(2)31/h3-8,17,19-20,29H,9-10H2,1-2H3,(H2,27,32)(H,28,35)/t17-,19-,20+,25-/m1/s1. The third kappa shape index (κ3) is 3.40. The topological polar surface area (TPSA) is 148 Å². The van der Waals surface area contributed by atoms with Gasteiger partial charge in [0.1, 0.15) is 11.3 Å². The van der Waals surface area contributed by atoms with Crippen molar-refractivity contribution >= 4 is 52.6 Å². The first kappa shape index (κ1) is 24.0. The second-order valence-corrected chi connectivity index (χ2v) is 9.62. The van der Waals surface area contributed by atoms with E-state index in [0.717, 1.165) is 4.90 Å². The molecule has 0 aliphatic carbocycles. The molecule has 5 rings (SSSR count). The molecule has 2 aromatic rings. The molecule has 0 bridgehead atoms. The molecule has 1 spiro atoms. The summed E-state index contributed by atoms with van der Waals surface area (Å²) >= 11 is 6.28. The maximum absolute atomic E-state index is 13.9. The Hall–Kier alpha value is -3.76. The van der Waals surface area contributed by atoms with E-state index in [1.165, 1.54) is 31.2 Å². The van der Waals surface area contributed by atoms with Gasteiger partial charge in [-0.25, -0.2) is 4.90 Å². The number of carbonyl (C=O) groups excluding carboxylic acids is 5. The molecule has 0 saturated carbocycles. The number of nitrogens with one attached hydrogen (secondary N) is 2. The lowest BCUT2D eigenvalue weighted by Gasteiger charge is -2.29. The second-order valence-electron chi connectivity index (χ2n) is 9.22. The van der Waals surface area contributed by atoms with Gasteiger partial charge in [0.25, 0.3) is 0 Å². The number of imide groups is 1. The van der Waals surface area contributed by atoms with Crippen LogP contribution in [0.15, 0.2) is 36.4 Å². The Bertz CT molecular complexity index is 1340. The van der Waals surface area contributed by atoms with Gasteiger partial charge in [-0.1, -0.05) is 17.7 Å². The van der Waals surface area contributed by atoms with Gasteiger partial charge in [0.15, 0.2) is 0 Å². The number of hydrogen-bond donors (Lipinski definition) is 3. The molecule has 2 saturated heterocycles. The number of benzene rings is 2. The number of nitrogens with zero attached hydrogens (tertiary/aromatic N) is 1. The summed E-state index contributed by atoms with van der Waals surface area (Å²) in [6, 6.07) is 8.63. The number of primary amides is 1. The van der Waals surface area contributed by atoms with Gasteiger partial charge in [0, 0.05) is 30.0 Å². The first-order valence-electron chi connectivity index (χ1n) is 11.4. The van der Waals surface area contributed by atoms with Crippen LogP contribution in [0.3, 0.4) is 0 Å². The summed E-state index contributed by atoms with van der Waals surface area (Å²) in [5.74, 6) is -4.26. The highest BCUT2D eigenvalue weighted by atomic mass is 35.5. The molecule has 36 heavy (non-hydrogen) atoms. The highest BCUT2D eigenvalue weighted by Gasteiger charge is 2.70. The molecule has 0 radical (unpaired) electrons. The van der Waals surface area contributed by atoms with E-state index in [9.17, 15) is 24.0 Å². The number of halogens is 1. The van der Waals surface area contributed by atoms with Gasteiger partial charge >= 0.3 is 5.97 Å². The number of nitrogens with two attached hydrogens (primary N) is 1. The van der Waals surface area contributed by atoms with E-state index in [0.29, 0.717) is 21.8 Å². The molecule has 11 heteroatoms. The van der Waals surface area contributed by atoms with Crippen LogP contribution in [0.25, 0.3) is 0 Å². The number of esters is 1. The van der Waals surface area contributed by atoms with Gasteiger partial charge in [-0.15, -0.1) is 0 Å². The molecule has 3 aliphatic rings. The highest BCUT2D eigenvalue weighted by Crippen LogP contribution is 2.55. The molecule has 4 N–H and O–H groups in total. The predicted octanol–water partition coefficient (Wildman–Crippen LogP) is 1.76. The van der Waals surface area contributed by atoms with Crippen molar-refractivity contribution in [3.8, 4) is 5.75 Å². The first-order chi connectivity index (χ1) is 17.1. The van der Waals surface area contributed by atoms with Gasteiger partial charge in [-0.05, 0) is 49.2 Å². The number of ether oxygens (including phenoxy) is 1. The van der Waals surface area contributed by atoms with Crippen LogP contribution in [0.5, 0.6) is 5.75 Å². The fraction of sp³-hybridized carbons (Fsp3) is 0.320. The van der Waals surface area contributed by atoms with Gasteiger partial charge in [0.05, 0.1) is 23.2 Å². The molecule has 4 amide bonds. The van der Waals surface area contributed by atoms with Gasteiger partial charge in [-0.2, -0.15) is 0 Å². The number of amides is 4. The minimum atomic E-state index is -1.52. The molecule has 0 aromatic heterocycles. The van der Waals surface area contributed by atoms with E-state index in [-0.39, 0.29) is 24.3 Å². The van der Waals surface area contributed by atoms with Crippen molar-refractivity contribution in [3.63, 3.8) is 0 Å². The molecule has 3 heterocycles. The summed E-state index contributed by atoms with van der Waals surface area (Å²) in [6.45, 7) is 3.02. The van der Waals surface area contributed by atoms with Crippen molar-refractivity contribution in [2.24, 2.45) is 17.6 Å². The van der Waals surface area contributed by atoms with Crippen LogP contribution in [-0.2, 0) is 29.5 Å². The average Bonchev–Trinajstić information content (AvgIpc) is 3.40. The van der Waals surface area contributed by atoms with Crippen molar-refractivity contribution in [2.75, 3.05) is 10.2 Å². The fourth-order valence-electron chi connectivity index (χ4n) is 5.62. The number of rotatable bonds is 5. The van der Waals surface area contributed by atoms with Crippen LogP contribution >= 0.6 is 11.6 Å². The Morgan fingerprint density at radius 1 is 1.11 bits per heavy atom. The lowest BCUT2D eigenvalue weighted by Crippen LogP contribution is -2.53. The van der Waals surface area contributed by atoms with Crippen molar-refractivity contribution in [3.05, 3.63) is 52.5 Å². The lowest BCUT2D eigenvalue weighted by molar-refractivity contribution is -0.132. The van der Waals surface area contributed by atoms with Crippen LogP contribution in [0, 0.1) is 18.8 Å². The van der Waals surface area contributed by atoms with Crippen LogP contribution in [0.2, 0.25) is 5.02 Å². The Morgan fingerprint density at radius 2 is 1.81 bits per heavy atom. The van der Waals surface area contributed by atoms with E-state index in [4.69, 9.17) is 22.1 Å². The Morgan fingerprint density at radius 3 is 2.44 bits per heavy atom. The van der Waals surface area contributed by atoms with Crippen LogP contribution in [0.1, 0.15) is 30.9 Å². The molecular formula is C25H23ClN4O6. The minimum Gasteiger partial charge on any atom is -0.427 e. The summed E-state index contributed by atoms with van der Waals surface area (Å²) in [5.41, 5.74) is 5.80. The zero-order valence-corrected chi connectivity index (χ0v) is 20.2. The van der Waals surface area contributed by atoms with E-state index < -0.39 is 53.0 Å². The van der Waals surface area contributed by atoms with Gasteiger partial charge in [0.2, 0.25) is 23.6 Å². The lowest BCUT2D eigenvalue weighted by atomic mass is 9.76. The first-order valence-corrected chi connectivity index (χ1v) is 11.8. The summed E-state index contributed by atoms with van der Waals surface area (Å²) in [7, 11) is 0. The third-order valence-corrected chi connectivity index (χ3v) is 7.55.